The molecular formula is C21H26BrN7O6S. The van der Waals surface area contributed by atoms with Crippen molar-refractivity contribution in [3.63, 3.8) is 0 Å². The van der Waals surface area contributed by atoms with Crippen molar-refractivity contribution in [2.75, 3.05) is 18.4 Å². The third-order valence-electron chi connectivity index (χ3n) is 5.85. The molecule has 1 saturated heterocycles. The van der Waals surface area contributed by atoms with Crippen LogP contribution in [0, 0.1) is 0 Å². The van der Waals surface area contributed by atoms with E-state index in [4.69, 9.17) is 5.11 Å². The molecule has 0 spiro atoms. The number of likely N-dealkylation sites (tertiary alicyclic amines) is 1. The van der Waals surface area contributed by atoms with Gasteiger partial charge in [-0.25, -0.2) is 24.3 Å². The van der Waals surface area contributed by atoms with E-state index in [0.29, 0.717) is 12.8 Å². The minimum absolute atomic E-state index is 0. The van der Waals surface area contributed by atoms with Crippen LogP contribution in [-0.4, -0.2) is 71.6 Å². The fraction of sp³-hybridized carbons (Fsp3) is 0.381. The molecule has 1 fully saturated rings. The lowest BCUT2D eigenvalue weighted by molar-refractivity contribution is 0.0934. The van der Waals surface area contributed by atoms with Gasteiger partial charge < -0.3 is 15.3 Å². The van der Waals surface area contributed by atoms with E-state index in [0.717, 1.165) is 0 Å². The number of piperidine rings is 1. The van der Waals surface area contributed by atoms with Gasteiger partial charge in [0.1, 0.15) is 0 Å². The van der Waals surface area contributed by atoms with E-state index >= 15 is 0 Å². The van der Waals surface area contributed by atoms with Gasteiger partial charge in [0.05, 0.1) is 0 Å². The average molecular weight is 584 g/mol. The van der Waals surface area contributed by atoms with Crippen LogP contribution >= 0.6 is 17.0 Å². The van der Waals surface area contributed by atoms with Crippen LogP contribution in [0.2, 0.25) is 0 Å². The molecule has 1 aliphatic heterocycles. The van der Waals surface area contributed by atoms with Crippen molar-refractivity contribution in [3.05, 3.63) is 53.5 Å². The summed E-state index contributed by atoms with van der Waals surface area (Å²) in [6.07, 6.45) is 3.05. The van der Waals surface area contributed by atoms with Gasteiger partial charge in [0.2, 0.25) is 0 Å². The highest BCUT2D eigenvalue weighted by molar-refractivity contribution is 8.93. The van der Waals surface area contributed by atoms with Gasteiger partial charge in [-0.15, -0.1) is 17.0 Å². The lowest BCUT2D eigenvalue weighted by atomic mass is 10.1. The maximum atomic E-state index is 12.9. The zero-order valence-corrected chi connectivity index (χ0v) is 21.5. The molecule has 0 unspecified atom stereocenters. The first kappa shape index (κ1) is 27.3. The Labute approximate surface area is 218 Å². The van der Waals surface area contributed by atoms with E-state index in [1.807, 2.05) is 24.3 Å². The lowest BCUT2D eigenvalue weighted by Gasteiger charge is -2.32. The Morgan fingerprint density at radius 1 is 0.972 bits per heavy atom. The molecule has 36 heavy (non-hydrogen) atoms. The Hall–Kier alpha value is -3.30. The second-order valence-electron chi connectivity index (χ2n) is 8.32. The second kappa shape index (κ2) is 11.6. The predicted octanol–water partition coefficient (Wildman–Crippen LogP) is 1.05. The minimum atomic E-state index is -4.19. The van der Waals surface area contributed by atoms with Gasteiger partial charge in [0, 0.05) is 37.6 Å². The van der Waals surface area contributed by atoms with Gasteiger partial charge in [-0.3, -0.25) is 10.1 Å². The maximum absolute atomic E-state index is 12.9. The zero-order chi connectivity index (χ0) is 25.0. The molecule has 15 heteroatoms. The number of aromatic nitrogens is 2. The summed E-state index contributed by atoms with van der Waals surface area (Å²) in [4.78, 5) is 45.9. The largest absolute Gasteiger partial charge is 0.464 e. The topological polar surface area (TPSA) is 183 Å². The molecular weight excluding hydrogens is 558 g/mol. The van der Waals surface area contributed by atoms with E-state index in [1.54, 1.807) is 0 Å². The van der Waals surface area contributed by atoms with Crippen molar-refractivity contribution in [2.24, 2.45) is 0 Å². The van der Waals surface area contributed by atoms with Crippen LogP contribution in [0.5, 0.6) is 0 Å². The monoisotopic (exact) mass is 583 g/mol. The molecule has 1 aromatic carbocycles. The number of nitrogens with zero attached hydrogens (tertiary/aromatic N) is 3. The number of benzene rings is 1. The molecule has 0 atom stereocenters. The number of anilines is 1. The summed E-state index contributed by atoms with van der Waals surface area (Å²) >= 11 is 0. The van der Waals surface area contributed by atoms with Crippen molar-refractivity contribution >= 4 is 51.0 Å². The number of urea groups is 1. The molecule has 13 nitrogen and oxygen atoms in total. The molecule has 2 heterocycles. The number of hydrogen-bond donors (Lipinski definition) is 5. The van der Waals surface area contributed by atoms with Crippen molar-refractivity contribution < 1.29 is 27.9 Å². The molecule has 1 aliphatic carbocycles. The SMILES string of the molecule is Br.O=C(O)NS(=O)(=O)NC1CCN(C(=O)Nc2nccnc2C(=O)NC2Cc3ccccc3C2)CC1. The fourth-order valence-electron chi connectivity index (χ4n) is 4.25. The summed E-state index contributed by atoms with van der Waals surface area (Å²) < 4.78 is 27.1. The quantitative estimate of drug-likeness (QED) is 0.334. The fourth-order valence-corrected chi connectivity index (χ4v) is 5.22. The summed E-state index contributed by atoms with van der Waals surface area (Å²) in [7, 11) is -4.19. The van der Waals surface area contributed by atoms with E-state index in [1.165, 1.54) is 33.1 Å². The van der Waals surface area contributed by atoms with E-state index in [2.05, 4.69) is 25.3 Å². The third-order valence-corrected chi connectivity index (χ3v) is 6.94. The molecule has 0 radical (unpaired) electrons. The number of amides is 4. The van der Waals surface area contributed by atoms with Gasteiger partial charge in [-0.1, -0.05) is 24.3 Å². The van der Waals surface area contributed by atoms with Gasteiger partial charge >= 0.3 is 22.3 Å². The summed E-state index contributed by atoms with van der Waals surface area (Å²) in [6, 6.07) is 6.89. The van der Waals surface area contributed by atoms with Gasteiger partial charge in [-0.05, 0) is 36.8 Å². The third kappa shape index (κ3) is 6.89. The highest BCUT2D eigenvalue weighted by atomic mass is 79.9. The average Bonchev–Trinajstić information content (AvgIpc) is 3.21. The van der Waals surface area contributed by atoms with Gasteiger partial charge in [-0.2, -0.15) is 13.1 Å². The Kier molecular flexibility index (Phi) is 8.81. The normalized spacial score (nSPS) is 15.9. The van der Waals surface area contributed by atoms with E-state index < -0.39 is 34.3 Å². The molecule has 0 bridgehead atoms. The molecule has 4 amide bonds. The first-order chi connectivity index (χ1) is 16.7. The van der Waals surface area contributed by atoms with Crippen LogP contribution in [0.1, 0.15) is 34.5 Å². The first-order valence-corrected chi connectivity index (χ1v) is 12.5. The molecule has 2 aliphatic rings. The number of carbonyl (C=O) groups is 3. The Balaban J connectivity index is 0.00000361. The summed E-state index contributed by atoms with van der Waals surface area (Å²) in [5.74, 6) is -0.413. The van der Waals surface area contributed by atoms with E-state index in [-0.39, 0.29) is 60.5 Å². The molecule has 5 N–H and O–H groups in total. The summed E-state index contributed by atoms with van der Waals surface area (Å²) in [5, 5.41) is 14.2. The summed E-state index contributed by atoms with van der Waals surface area (Å²) in [6.45, 7) is 0.433. The number of nitrogens with one attached hydrogen (secondary N) is 4. The first-order valence-electron chi connectivity index (χ1n) is 11.0. The van der Waals surface area contributed by atoms with Crippen molar-refractivity contribution in [2.45, 2.75) is 37.8 Å². The molecule has 4 rings (SSSR count). The predicted molar refractivity (Wildman–Crippen MR) is 134 cm³/mol. The highest BCUT2D eigenvalue weighted by Gasteiger charge is 2.29. The Morgan fingerprint density at radius 2 is 1.58 bits per heavy atom. The number of carboxylic acid groups (broad SMARTS) is 1. The number of hydrogen-bond acceptors (Lipinski definition) is 7. The number of carbonyl (C=O) groups excluding carboxylic acids is 2. The van der Waals surface area contributed by atoms with Crippen LogP contribution in [-0.2, 0) is 23.1 Å². The summed E-state index contributed by atoms with van der Waals surface area (Å²) in [5.41, 5.74) is 2.38. The van der Waals surface area contributed by atoms with Gasteiger partial charge in [0.15, 0.2) is 11.5 Å². The van der Waals surface area contributed by atoms with Crippen LogP contribution in [0.4, 0.5) is 15.4 Å². The minimum Gasteiger partial charge on any atom is -0.464 e. The zero-order valence-electron chi connectivity index (χ0n) is 19.0. The van der Waals surface area contributed by atoms with Crippen LogP contribution in [0.25, 0.3) is 0 Å². The molecule has 1 aromatic heterocycles. The smallest absolute Gasteiger partial charge is 0.419 e. The lowest BCUT2D eigenvalue weighted by Crippen LogP contribution is -2.50. The molecule has 194 valence electrons. The number of halogens is 1. The number of fused-ring (bicyclic) bond motifs is 1. The number of rotatable bonds is 6. The van der Waals surface area contributed by atoms with Crippen molar-refractivity contribution in [1.29, 1.82) is 0 Å². The van der Waals surface area contributed by atoms with Crippen LogP contribution in [0.15, 0.2) is 36.7 Å². The molecule has 2 aromatic rings. The molecule has 0 saturated carbocycles. The van der Waals surface area contributed by atoms with E-state index in [9.17, 15) is 22.8 Å². The van der Waals surface area contributed by atoms with Crippen molar-refractivity contribution in [3.8, 4) is 0 Å². The van der Waals surface area contributed by atoms with Crippen molar-refractivity contribution in [1.82, 2.24) is 29.6 Å². The second-order valence-corrected chi connectivity index (χ2v) is 9.77. The Bertz CT molecular complexity index is 1210. The highest BCUT2D eigenvalue weighted by Crippen LogP contribution is 2.22. The van der Waals surface area contributed by atoms with Gasteiger partial charge in [0.25, 0.3) is 5.91 Å². The Morgan fingerprint density at radius 3 is 2.19 bits per heavy atom. The van der Waals surface area contributed by atoms with Crippen LogP contribution in [0.3, 0.4) is 0 Å². The standard InChI is InChI=1S/C21H25N7O6S.BrH/c29-19(24-16-11-13-3-1-2-4-14(13)12-16)17-18(23-8-7-22-17)25-20(30)28-9-5-15(6-10-28)26-35(33,34)27-21(31)32;/h1-4,7-8,15-16,26-27H,5-6,9-12H2,(H,24,29)(H,31,32)(H,23,25,30);1H. The maximum Gasteiger partial charge on any atom is 0.419 e. The van der Waals surface area contributed by atoms with Crippen LogP contribution < -0.4 is 20.1 Å².